The Morgan fingerprint density at radius 1 is 1.06 bits per heavy atom. The molecule has 16 heavy (non-hydrogen) atoms. The Balaban J connectivity index is 0.00000106. The molecule has 0 N–H and O–H groups in total. The lowest BCUT2D eigenvalue weighted by molar-refractivity contribution is -0.133. The highest BCUT2D eigenvalue weighted by Crippen LogP contribution is 2.15. The van der Waals surface area contributed by atoms with Crippen molar-refractivity contribution in [2.75, 3.05) is 13.1 Å². The molecular formula is C11H18N2O2S. The fourth-order valence-corrected chi connectivity index (χ4v) is 1.72. The largest absolute Gasteiger partial charge is 0.285 e. The van der Waals surface area contributed by atoms with Crippen LogP contribution in [0.2, 0.25) is 0 Å². The first-order valence-corrected chi connectivity index (χ1v) is 5.82. The Hall–Kier alpha value is -1.23. The summed E-state index contributed by atoms with van der Waals surface area (Å²) in [5.74, 6) is -0.764. The Morgan fingerprint density at radius 2 is 1.38 bits per heavy atom. The Morgan fingerprint density at radius 3 is 1.62 bits per heavy atom. The summed E-state index contributed by atoms with van der Waals surface area (Å²) in [5.41, 5.74) is -0.0118. The van der Waals surface area contributed by atoms with E-state index in [1.165, 1.54) is 9.80 Å². The quantitative estimate of drug-likeness (QED) is 0.419. The second kappa shape index (κ2) is 6.37. The summed E-state index contributed by atoms with van der Waals surface area (Å²) >= 11 is 5.02. The van der Waals surface area contributed by atoms with Gasteiger partial charge in [-0.3, -0.25) is 19.4 Å². The van der Waals surface area contributed by atoms with Crippen molar-refractivity contribution in [2.45, 2.75) is 27.7 Å². The van der Waals surface area contributed by atoms with Crippen molar-refractivity contribution in [1.82, 2.24) is 9.80 Å². The maximum Gasteiger partial charge on any atom is 0.265 e. The summed E-state index contributed by atoms with van der Waals surface area (Å²) in [6.07, 6.45) is 0. The molecule has 5 heteroatoms. The first-order chi connectivity index (χ1) is 7.54. The van der Waals surface area contributed by atoms with E-state index >= 15 is 0 Å². The first kappa shape index (κ1) is 14.8. The molecule has 0 aromatic rings. The van der Waals surface area contributed by atoms with Gasteiger partial charge in [-0.1, -0.05) is 20.4 Å². The van der Waals surface area contributed by atoms with Crippen molar-refractivity contribution in [3.8, 4) is 0 Å². The molecule has 1 fully saturated rings. The van der Waals surface area contributed by atoms with E-state index in [2.05, 4.69) is 6.58 Å². The van der Waals surface area contributed by atoms with Gasteiger partial charge in [0.15, 0.2) is 5.11 Å². The van der Waals surface area contributed by atoms with Crippen LogP contribution in [-0.2, 0) is 9.59 Å². The SMILES string of the molecule is C=C1C(=O)N(CC)C(=S)N(CC)C1=O.CC. The molecule has 1 rings (SSSR count). The number of carbonyl (C=O) groups is 2. The van der Waals surface area contributed by atoms with E-state index in [-0.39, 0.29) is 22.5 Å². The highest BCUT2D eigenvalue weighted by atomic mass is 32.1. The van der Waals surface area contributed by atoms with Gasteiger partial charge >= 0.3 is 0 Å². The first-order valence-electron chi connectivity index (χ1n) is 5.41. The average molecular weight is 242 g/mol. The molecule has 0 aromatic heterocycles. The Kier molecular flexibility index (Phi) is 5.88. The third kappa shape index (κ3) is 2.47. The minimum absolute atomic E-state index is 0.0118. The number of rotatable bonds is 2. The lowest BCUT2D eigenvalue weighted by atomic mass is 10.2. The van der Waals surface area contributed by atoms with Gasteiger partial charge in [0.25, 0.3) is 11.8 Å². The van der Waals surface area contributed by atoms with Crippen LogP contribution in [0.1, 0.15) is 27.7 Å². The summed E-state index contributed by atoms with van der Waals surface area (Å²) in [5, 5.41) is 0.275. The number of likely N-dealkylation sites (N-methyl/N-ethyl adjacent to an activating group) is 2. The fourth-order valence-electron chi connectivity index (χ4n) is 1.29. The van der Waals surface area contributed by atoms with E-state index in [1.807, 2.05) is 13.8 Å². The van der Waals surface area contributed by atoms with Crippen LogP contribution in [0.25, 0.3) is 0 Å². The lowest BCUT2D eigenvalue weighted by Gasteiger charge is -2.34. The van der Waals surface area contributed by atoms with Gasteiger partial charge in [-0.25, -0.2) is 0 Å². The zero-order chi connectivity index (χ0) is 12.9. The fraction of sp³-hybridized carbons (Fsp3) is 0.545. The molecule has 2 amide bonds. The maximum atomic E-state index is 11.5. The van der Waals surface area contributed by atoms with E-state index in [9.17, 15) is 9.59 Å². The van der Waals surface area contributed by atoms with Crippen LogP contribution in [0, 0.1) is 0 Å². The number of nitrogens with zero attached hydrogens (tertiary/aromatic N) is 2. The van der Waals surface area contributed by atoms with Crippen molar-refractivity contribution >= 4 is 29.1 Å². The predicted octanol–water partition coefficient (Wildman–Crippen LogP) is 1.56. The number of thiocarbonyl (C=S) groups is 1. The molecule has 0 spiro atoms. The van der Waals surface area contributed by atoms with Crippen LogP contribution in [-0.4, -0.2) is 39.8 Å². The second-order valence-corrected chi connectivity index (χ2v) is 3.23. The summed E-state index contributed by atoms with van der Waals surface area (Å²) in [6, 6.07) is 0. The van der Waals surface area contributed by atoms with Gasteiger partial charge in [0.2, 0.25) is 0 Å². The third-order valence-corrected chi connectivity index (χ3v) is 2.54. The maximum absolute atomic E-state index is 11.5. The molecule has 90 valence electrons. The van der Waals surface area contributed by atoms with Gasteiger partial charge < -0.3 is 0 Å². The minimum atomic E-state index is -0.382. The van der Waals surface area contributed by atoms with Crippen molar-refractivity contribution in [3.05, 3.63) is 12.2 Å². The number of amides is 2. The second-order valence-electron chi connectivity index (χ2n) is 2.86. The van der Waals surface area contributed by atoms with Gasteiger partial charge in [0.1, 0.15) is 0 Å². The van der Waals surface area contributed by atoms with Crippen molar-refractivity contribution in [2.24, 2.45) is 0 Å². The van der Waals surface area contributed by atoms with Gasteiger partial charge in [-0.2, -0.15) is 0 Å². The van der Waals surface area contributed by atoms with E-state index < -0.39 is 0 Å². The Labute approximate surface area is 102 Å². The number of carbonyl (C=O) groups excluding carboxylic acids is 2. The summed E-state index contributed by atoms with van der Waals surface area (Å²) in [7, 11) is 0. The van der Waals surface area contributed by atoms with E-state index in [0.717, 1.165) is 0 Å². The van der Waals surface area contributed by atoms with Crippen molar-refractivity contribution < 1.29 is 9.59 Å². The van der Waals surface area contributed by atoms with Crippen LogP contribution in [0.4, 0.5) is 0 Å². The topological polar surface area (TPSA) is 40.6 Å². The van der Waals surface area contributed by atoms with Gasteiger partial charge in [0.05, 0.1) is 5.57 Å². The van der Waals surface area contributed by atoms with Gasteiger partial charge in [-0.05, 0) is 26.1 Å². The van der Waals surface area contributed by atoms with E-state index in [4.69, 9.17) is 12.2 Å². The van der Waals surface area contributed by atoms with Crippen LogP contribution in [0.5, 0.6) is 0 Å². The average Bonchev–Trinajstić information content (AvgIpc) is 2.30. The molecule has 0 saturated carbocycles. The van der Waals surface area contributed by atoms with Crippen LogP contribution >= 0.6 is 12.2 Å². The zero-order valence-corrected chi connectivity index (χ0v) is 11.1. The van der Waals surface area contributed by atoms with Crippen LogP contribution < -0.4 is 0 Å². The summed E-state index contributed by atoms with van der Waals surface area (Å²) in [4.78, 5) is 25.8. The molecule has 0 bridgehead atoms. The van der Waals surface area contributed by atoms with E-state index in [1.54, 1.807) is 13.8 Å². The molecule has 0 atom stereocenters. The van der Waals surface area contributed by atoms with Crippen molar-refractivity contribution in [3.63, 3.8) is 0 Å². The summed E-state index contributed by atoms with van der Waals surface area (Å²) < 4.78 is 0. The smallest absolute Gasteiger partial charge is 0.265 e. The van der Waals surface area contributed by atoms with Crippen molar-refractivity contribution in [1.29, 1.82) is 0 Å². The molecule has 0 aromatic carbocycles. The molecule has 0 aliphatic carbocycles. The Bertz CT molecular complexity index is 298. The highest BCUT2D eigenvalue weighted by Gasteiger charge is 2.36. The van der Waals surface area contributed by atoms with E-state index in [0.29, 0.717) is 13.1 Å². The molecule has 1 aliphatic rings. The highest BCUT2D eigenvalue weighted by molar-refractivity contribution is 7.80. The number of hydrogen-bond donors (Lipinski definition) is 0. The summed E-state index contributed by atoms with van der Waals surface area (Å²) in [6.45, 7) is 12.0. The molecule has 1 heterocycles. The van der Waals surface area contributed by atoms with Crippen LogP contribution in [0.15, 0.2) is 12.2 Å². The van der Waals surface area contributed by atoms with Crippen LogP contribution in [0.3, 0.4) is 0 Å². The zero-order valence-electron chi connectivity index (χ0n) is 10.2. The van der Waals surface area contributed by atoms with Gasteiger partial charge in [0, 0.05) is 13.1 Å². The monoisotopic (exact) mass is 242 g/mol. The lowest BCUT2D eigenvalue weighted by Crippen LogP contribution is -2.55. The number of hydrogen-bond acceptors (Lipinski definition) is 3. The molecule has 1 aliphatic heterocycles. The molecule has 4 nitrogen and oxygen atoms in total. The third-order valence-electron chi connectivity index (χ3n) is 2.10. The minimum Gasteiger partial charge on any atom is -0.285 e. The standard InChI is InChI=1S/C9H12N2O2S.C2H6/c1-4-10-7(12)6(3)8(13)11(5-2)9(10)14;1-2/h3-5H2,1-2H3;1-2H3. The molecule has 0 unspecified atom stereocenters. The molecule has 0 radical (unpaired) electrons. The van der Waals surface area contributed by atoms with Gasteiger partial charge in [-0.15, -0.1) is 0 Å². The normalized spacial score (nSPS) is 16.2. The predicted molar refractivity (Wildman–Crippen MR) is 67.9 cm³/mol. The molecule has 1 saturated heterocycles. The molecular weight excluding hydrogens is 224 g/mol.